The molecule has 186 valence electrons. The molecule has 36 heavy (non-hydrogen) atoms. The maximum atomic E-state index is 13.2. The lowest BCUT2D eigenvalue weighted by atomic mass is 10.0. The lowest BCUT2D eigenvalue weighted by molar-refractivity contribution is -0.110. The van der Waals surface area contributed by atoms with Crippen molar-refractivity contribution in [2.45, 2.75) is 43.4 Å². The summed E-state index contributed by atoms with van der Waals surface area (Å²) in [6.45, 7) is 3.63. The van der Waals surface area contributed by atoms with Crippen molar-refractivity contribution in [2.75, 3.05) is 5.32 Å². The van der Waals surface area contributed by atoms with E-state index in [9.17, 15) is 18.0 Å². The van der Waals surface area contributed by atoms with Crippen molar-refractivity contribution >= 4 is 62.2 Å². The van der Waals surface area contributed by atoms with E-state index in [1.807, 2.05) is 13.8 Å². The second-order valence-electron chi connectivity index (χ2n) is 9.09. The normalized spacial score (nSPS) is 16.2. The number of fused-ring (bicyclic) bond motifs is 1. The Balaban J connectivity index is 1.51. The van der Waals surface area contributed by atoms with Crippen LogP contribution < -0.4 is 10.6 Å². The number of aromatic nitrogens is 1. The molecule has 1 fully saturated rings. The lowest BCUT2D eigenvalue weighted by Crippen LogP contribution is -2.26. The predicted molar refractivity (Wildman–Crippen MR) is 141 cm³/mol. The molecule has 1 aromatic heterocycles. The standard InChI is InChI=1S/C26H23Cl2N3O4S/c1-13-23(29-14(2)24(13)26(33)30-15-6-7-15)11-18-17-10-16(8-9-22(17)31-25(18)32)36(34,35)12-19-20(27)4-3-5-21(19)28/h3-5,8-11,15,29H,6-7,12H2,1-2H3,(H,30,33)(H,31,32). The second kappa shape index (κ2) is 9.10. The van der Waals surface area contributed by atoms with Crippen LogP contribution in [-0.2, 0) is 20.4 Å². The van der Waals surface area contributed by atoms with Gasteiger partial charge in [0.25, 0.3) is 11.8 Å². The number of rotatable bonds is 6. The molecule has 2 aliphatic rings. The van der Waals surface area contributed by atoms with Crippen molar-refractivity contribution in [2.24, 2.45) is 0 Å². The van der Waals surface area contributed by atoms with Gasteiger partial charge in [-0.2, -0.15) is 0 Å². The summed E-state index contributed by atoms with van der Waals surface area (Å²) >= 11 is 12.4. The molecule has 0 bridgehead atoms. The van der Waals surface area contributed by atoms with Crippen LogP contribution in [0, 0.1) is 13.8 Å². The second-order valence-corrected chi connectivity index (χ2v) is 11.9. The van der Waals surface area contributed by atoms with Gasteiger partial charge in [0.15, 0.2) is 9.84 Å². The van der Waals surface area contributed by atoms with E-state index < -0.39 is 9.84 Å². The van der Waals surface area contributed by atoms with Gasteiger partial charge >= 0.3 is 0 Å². The number of anilines is 1. The van der Waals surface area contributed by atoms with E-state index in [4.69, 9.17) is 23.2 Å². The number of halogens is 2. The van der Waals surface area contributed by atoms with Gasteiger partial charge in [-0.1, -0.05) is 29.3 Å². The zero-order valence-corrected chi connectivity index (χ0v) is 21.9. The Kier molecular flexibility index (Phi) is 6.22. The summed E-state index contributed by atoms with van der Waals surface area (Å²) in [5, 5.41) is 6.30. The summed E-state index contributed by atoms with van der Waals surface area (Å²) in [7, 11) is -3.82. The van der Waals surface area contributed by atoms with Crippen LogP contribution >= 0.6 is 23.2 Å². The number of hydrogen-bond donors (Lipinski definition) is 3. The van der Waals surface area contributed by atoms with Crippen molar-refractivity contribution in [1.29, 1.82) is 0 Å². The monoisotopic (exact) mass is 543 g/mol. The molecule has 2 aromatic carbocycles. The van der Waals surface area contributed by atoms with E-state index in [0.717, 1.165) is 18.4 Å². The Morgan fingerprint density at radius 3 is 2.50 bits per heavy atom. The number of sulfone groups is 1. The molecule has 1 saturated carbocycles. The first-order valence-corrected chi connectivity index (χ1v) is 13.8. The van der Waals surface area contributed by atoms with Gasteiger partial charge in [0, 0.05) is 44.3 Å². The van der Waals surface area contributed by atoms with Gasteiger partial charge < -0.3 is 15.6 Å². The molecule has 7 nitrogen and oxygen atoms in total. The van der Waals surface area contributed by atoms with Gasteiger partial charge in [-0.05, 0) is 68.7 Å². The van der Waals surface area contributed by atoms with E-state index in [0.29, 0.717) is 39.3 Å². The summed E-state index contributed by atoms with van der Waals surface area (Å²) in [6, 6.07) is 9.54. The number of aromatic amines is 1. The third-order valence-electron chi connectivity index (χ3n) is 6.43. The fourth-order valence-electron chi connectivity index (χ4n) is 4.34. The molecule has 5 rings (SSSR count). The number of aryl methyl sites for hydroxylation is 1. The lowest BCUT2D eigenvalue weighted by Gasteiger charge is -2.10. The van der Waals surface area contributed by atoms with Crippen molar-refractivity contribution < 1.29 is 18.0 Å². The molecular weight excluding hydrogens is 521 g/mol. The number of H-pyrrole nitrogens is 1. The van der Waals surface area contributed by atoms with Crippen molar-refractivity contribution in [3.05, 3.63) is 80.1 Å². The highest BCUT2D eigenvalue weighted by atomic mass is 35.5. The molecule has 10 heteroatoms. The van der Waals surface area contributed by atoms with Crippen molar-refractivity contribution in [3.63, 3.8) is 0 Å². The van der Waals surface area contributed by atoms with Crippen LogP contribution in [0.2, 0.25) is 10.0 Å². The molecule has 0 unspecified atom stereocenters. The van der Waals surface area contributed by atoms with E-state index in [1.165, 1.54) is 12.1 Å². The van der Waals surface area contributed by atoms with E-state index >= 15 is 0 Å². The quantitative estimate of drug-likeness (QED) is 0.366. The summed E-state index contributed by atoms with van der Waals surface area (Å²) in [6.07, 6.45) is 3.62. The van der Waals surface area contributed by atoms with Crippen LogP contribution in [0.1, 0.15) is 51.3 Å². The molecule has 3 N–H and O–H groups in total. The first-order valence-electron chi connectivity index (χ1n) is 11.4. The van der Waals surface area contributed by atoms with Gasteiger partial charge in [-0.15, -0.1) is 0 Å². The largest absolute Gasteiger partial charge is 0.358 e. The fraction of sp³-hybridized carbons (Fsp3) is 0.231. The van der Waals surface area contributed by atoms with Gasteiger partial charge in [-0.25, -0.2) is 8.42 Å². The minimum Gasteiger partial charge on any atom is -0.358 e. The number of hydrogen-bond acceptors (Lipinski definition) is 4. The summed E-state index contributed by atoms with van der Waals surface area (Å²) in [5.74, 6) is -0.875. The maximum Gasteiger partial charge on any atom is 0.256 e. The molecule has 2 heterocycles. The first kappa shape index (κ1) is 24.6. The van der Waals surface area contributed by atoms with E-state index in [-0.39, 0.29) is 38.5 Å². The summed E-state index contributed by atoms with van der Waals surface area (Å²) in [4.78, 5) is 28.7. The molecule has 1 aliphatic heterocycles. The van der Waals surface area contributed by atoms with Crippen LogP contribution in [0.25, 0.3) is 11.6 Å². The van der Waals surface area contributed by atoms with Gasteiger partial charge in [0.05, 0.1) is 21.8 Å². The number of carbonyl (C=O) groups excluding carboxylic acids is 2. The van der Waals surface area contributed by atoms with Crippen LogP contribution in [-0.4, -0.2) is 31.3 Å². The Hall–Kier alpha value is -3.07. The highest BCUT2D eigenvalue weighted by molar-refractivity contribution is 7.90. The van der Waals surface area contributed by atoms with Gasteiger partial charge in [0.2, 0.25) is 0 Å². The van der Waals surface area contributed by atoms with E-state index in [1.54, 1.807) is 30.3 Å². The van der Waals surface area contributed by atoms with Crippen molar-refractivity contribution in [1.82, 2.24) is 10.3 Å². The zero-order valence-electron chi connectivity index (χ0n) is 19.5. The summed E-state index contributed by atoms with van der Waals surface area (Å²) < 4.78 is 26.5. The Bertz CT molecular complexity index is 1550. The molecule has 0 atom stereocenters. The average Bonchev–Trinajstić information content (AvgIpc) is 3.50. The zero-order chi connectivity index (χ0) is 25.8. The van der Waals surface area contributed by atoms with Crippen LogP contribution in [0.15, 0.2) is 41.3 Å². The van der Waals surface area contributed by atoms with Crippen LogP contribution in [0.4, 0.5) is 5.69 Å². The smallest absolute Gasteiger partial charge is 0.256 e. The number of carbonyl (C=O) groups is 2. The first-order chi connectivity index (χ1) is 17.0. The molecule has 0 saturated heterocycles. The van der Waals surface area contributed by atoms with E-state index in [2.05, 4.69) is 15.6 Å². The van der Waals surface area contributed by atoms with Gasteiger partial charge in [-0.3, -0.25) is 9.59 Å². The SMILES string of the molecule is Cc1[nH]c(C=C2C(=O)Nc3ccc(S(=O)(=O)Cc4c(Cl)cccc4Cl)cc32)c(C)c1C(=O)NC1CC1. The van der Waals surface area contributed by atoms with Crippen molar-refractivity contribution in [3.8, 4) is 0 Å². The Morgan fingerprint density at radius 1 is 1.14 bits per heavy atom. The molecular formula is C26H23Cl2N3O4S. The minimum atomic E-state index is -3.82. The number of benzene rings is 2. The third-order valence-corrected chi connectivity index (χ3v) is 8.78. The van der Waals surface area contributed by atoms with Crippen LogP contribution in [0.3, 0.4) is 0 Å². The topological polar surface area (TPSA) is 108 Å². The molecule has 2 amide bonds. The molecule has 3 aromatic rings. The fourth-order valence-corrected chi connectivity index (χ4v) is 6.46. The molecule has 0 radical (unpaired) electrons. The van der Waals surface area contributed by atoms with Crippen LogP contribution in [0.5, 0.6) is 0 Å². The molecule has 1 aliphatic carbocycles. The highest BCUT2D eigenvalue weighted by Crippen LogP contribution is 2.37. The summed E-state index contributed by atoms with van der Waals surface area (Å²) in [5.41, 5.74) is 4.18. The number of nitrogens with one attached hydrogen (secondary N) is 3. The molecule has 0 spiro atoms. The third kappa shape index (κ3) is 4.56. The number of amides is 2. The Labute approximate surface area is 218 Å². The highest BCUT2D eigenvalue weighted by Gasteiger charge is 2.30. The predicted octanol–water partition coefficient (Wildman–Crippen LogP) is 5.30. The minimum absolute atomic E-state index is 0.0449. The Morgan fingerprint density at radius 2 is 1.83 bits per heavy atom. The maximum absolute atomic E-state index is 13.2. The van der Waals surface area contributed by atoms with Gasteiger partial charge in [0.1, 0.15) is 0 Å². The average molecular weight is 544 g/mol.